The Hall–Kier alpha value is -2.36. The van der Waals surface area contributed by atoms with E-state index in [1.165, 1.54) is 0 Å². The molecule has 0 aliphatic carbocycles. The van der Waals surface area contributed by atoms with Crippen molar-refractivity contribution in [2.75, 3.05) is 26.2 Å². The zero-order chi connectivity index (χ0) is 22.5. The van der Waals surface area contributed by atoms with Gasteiger partial charge in [-0.25, -0.2) is 0 Å². The Balaban J connectivity index is 2.36. The predicted molar refractivity (Wildman–Crippen MR) is 104 cm³/mol. The lowest BCUT2D eigenvalue weighted by molar-refractivity contribution is -0.138. The third-order valence-corrected chi connectivity index (χ3v) is 5.09. The summed E-state index contributed by atoms with van der Waals surface area (Å²) in [7, 11) is 0. The Kier molecular flexibility index (Phi) is 8.05. The molecular formula is C20H28F3N3O4. The molecule has 1 amide bonds. The van der Waals surface area contributed by atoms with Crippen LogP contribution in [0.3, 0.4) is 0 Å². The van der Waals surface area contributed by atoms with Gasteiger partial charge < -0.3 is 19.9 Å². The fraction of sp³-hybridized carbons (Fsp3) is 0.650. The molecule has 7 nitrogen and oxygen atoms in total. The number of amides is 1. The minimum absolute atomic E-state index is 0.0149. The number of halogens is 3. The van der Waals surface area contributed by atoms with Crippen LogP contribution in [0.5, 0.6) is 0 Å². The molecular weight excluding hydrogens is 403 g/mol. The van der Waals surface area contributed by atoms with Gasteiger partial charge >= 0.3 is 12.1 Å². The molecule has 1 atom stereocenters. The Morgan fingerprint density at radius 3 is 2.43 bits per heavy atom. The van der Waals surface area contributed by atoms with Crippen LogP contribution >= 0.6 is 0 Å². The zero-order valence-corrected chi connectivity index (χ0v) is 17.2. The molecule has 1 aliphatic rings. The molecule has 0 aromatic carbocycles. The van der Waals surface area contributed by atoms with Gasteiger partial charge in [0.05, 0.1) is 12.0 Å². The third-order valence-electron chi connectivity index (χ3n) is 5.09. The maximum atomic E-state index is 13.5. The highest BCUT2D eigenvalue weighted by Crippen LogP contribution is 2.32. The Morgan fingerprint density at radius 1 is 1.27 bits per heavy atom. The molecule has 1 aliphatic heterocycles. The van der Waals surface area contributed by atoms with Crippen LogP contribution in [-0.4, -0.2) is 52.6 Å². The fourth-order valence-electron chi connectivity index (χ4n) is 3.39. The SMILES string of the molecule is CC(C)C[C@@H](C(=O)NCCC(=O)O)n1cc(CCN2CCC2)c(C(F)(F)F)cc1=O. The van der Waals surface area contributed by atoms with E-state index in [-0.39, 0.29) is 37.3 Å². The van der Waals surface area contributed by atoms with Crippen LogP contribution in [0.4, 0.5) is 13.2 Å². The van der Waals surface area contributed by atoms with Crippen LogP contribution in [0, 0.1) is 5.92 Å². The van der Waals surface area contributed by atoms with E-state index in [4.69, 9.17) is 5.11 Å². The van der Waals surface area contributed by atoms with Crippen molar-refractivity contribution in [2.45, 2.75) is 51.7 Å². The second-order valence-corrected chi connectivity index (χ2v) is 7.98. The van der Waals surface area contributed by atoms with Gasteiger partial charge in [-0.15, -0.1) is 0 Å². The highest BCUT2D eigenvalue weighted by Gasteiger charge is 2.35. The van der Waals surface area contributed by atoms with Crippen LogP contribution in [0.2, 0.25) is 0 Å². The first kappa shape index (κ1) is 23.9. The van der Waals surface area contributed by atoms with Crippen molar-refractivity contribution in [1.29, 1.82) is 0 Å². The van der Waals surface area contributed by atoms with Crippen LogP contribution in [-0.2, 0) is 22.2 Å². The standard InChI is InChI=1S/C20H28F3N3O4/c1-13(2)10-16(19(30)24-6-4-18(28)29)26-12-14(5-9-25-7-3-8-25)15(11-17(26)27)20(21,22)23/h11-13,16H,3-10H2,1-2H3,(H,24,30)(H,28,29)/t16-/m0/s1. The number of carbonyl (C=O) groups is 2. The van der Waals surface area contributed by atoms with E-state index in [0.29, 0.717) is 12.6 Å². The first-order valence-electron chi connectivity index (χ1n) is 10.0. The second-order valence-electron chi connectivity index (χ2n) is 7.98. The number of pyridine rings is 1. The van der Waals surface area contributed by atoms with E-state index in [0.717, 1.165) is 30.3 Å². The van der Waals surface area contributed by atoms with Gasteiger partial charge in [-0.2, -0.15) is 13.2 Å². The maximum absolute atomic E-state index is 13.5. The van der Waals surface area contributed by atoms with Crippen LogP contribution in [0.15, 0.2) is 17.1 Å². The molecule has 0 bridgehead atoms. The van der Waals surface area contributed by atoms with E-state index >= 15 is 0 Å². The summed E-state index contributed by atoms with van der Waals surface area (Å²) < 4.78 is 41.5. The normalized spacial score (nSPS) is 15.7. The van der Waals surface area contributed by atoms with E-state index in [1.54, 1.807) is 0 Å². The summed E-state index contributed by atoms with van der Waals surface area (Å²) in [5.74, 6) is -1.69. The molecule has 1 saturated heterocycles. The van der Waals surface area contributed by atoms with Crippen LogP contribution < -0.4 is 10.9 Å². The summed E-state index contributed by atoms with van der Waals surface area (Å²) in [5, 5.41) is 11.2. The van der Waals surface area contributed by atoms with Gasteiger partial charge in [-0.05, 0) is 43.8 Å². The summed E-state index contributed by atoms with van der Waals surface area (Å²) in [6, 6.07) is -0.458. The third kappa shape index (κ3) is 6.58. The van der Waals surface area contributed by atoms with Crippen LogP contribution in [0.1, 0.15) is 50.3 Å². The molecule has 2 rings (SSSR count). The average Bonchev–Trinajstić information content (AvgIpc) is 2.58. The van der Waals surface area contributed by atoms with Gasteiger partial charge in [0.25, 0.3) is 5.56 Å². The van der Waals surface area contributed by atoms with Gasteiger partial charge in [0, 0.05) is 25.4 Å². The molecule has 0 saturated carbocycles. The first-order valence-corrected chi connectivity index (χ1v) is 10.0. The highest BCUT2D eigenvalue weighted by atomic mass is 19.4. The molecule has 0 radical (unpaired) electrons. The van der Waals surface area contributed by atoms with Gasteiger partial charge in [0.1, 0.15) is 6.04 Å². The molecule has 1 fully saturated rings. The van der Waals surface area contributed by atoms with Crippen molar-refractivity contribution in [3.63, 3.8) is 0 Å². The number of carboxylic acids is 1. The van der Waals surface area contributed by atoms with Gasteiger partial charge in [0.15, 0.2) is 0 Å². The van der Waals surface area contributed by atoms with Crippen molar-refractivity contribution in [3.8, 4) is 0 Å². The zero-order valence-electron chi connectivity index (χ0n) is 17.2. The van der Waals surface area contributed by atoms with E-state index in [1.807, 2.05) is 18.7 Å². The van der Waals surface area contributed by atoms with E-state index in [2.05, 4.69) is 5.32 Å². The van der Waals surface area contributed by atoms with Crippen molar-refractivity contribution in [2.24, 2.45) is 5.92 Å². The monoisotopic (exact) mass is 431 g/mol. The number of rotatable bonds is 10. The topological polar surface area (TPSA) is 91.6 Å². The highest BCUT2D eigenvalue weighted by molar-refractivity contribution is 5.80. The van der Waals surface area contributed by atoms with Gasteiger partial charge in [0.2, 0.25) is 5.91 Å². The number of likely N-dealkylation sites (tertiary alicyclic amines) is 1. The summed E-state index contributed by atoms with van der Waals surface area (Å²) in [4.78, 5) is 37.9. The van der Waals surface area contributed by atoms with Crippen molar-refractivity contribution < 1.29 is 27.9 Å². The minimum Gasteiger partial charge on any atom is -0.481 e. The molecule has 168 valence electrons. The lowest BCUT2D eigenvalue weighted by Gasteiger charge is -2.31. The second kappa shape index (κ2) is 10.1. The predicted octanol–water partition coefficient (Wildman–Crippen LogP) is 2.29. The number of nitrogens with one attached hydrogen (secondary N) is 1. The molecule has 2 N–H and O–H groups in total. The van der Waals surface area contributed by atoms with Gasteiger partial charge in [-0.3, -0.25) is 14.4 Å². The molecule has 1 aromatic heterocycles. The number of nitrogens with zero attached hydrogens (tertiary/aromatic N) is 2. The quantitative estimate of drug-likeness (QED) is 0.593. The van der Waals surface area contributed by atoms with Gasteiger partial charge in [-0.1, -0.05) is 13.8 Å². The number of alkyl halides is 3. The summed E-state index contributed by atoms with van der Waals surface area (Å²) in [5.41, 5.74) is -1.91. The largest absolute Gasteiger partial charge is 0.481 e. The molecule has 2 heterocycles. The number of carbonyl (C=O) groups excluding carboxylic acids is 1. The number of hydrogen-bond donors (Lipinski definition) is 2. The molecule has 30 heavy (non-hydrogen) atoms. The Morgan fingerprint density at radius 2 is 1.93 bits per heavy atom. The first-order chi connectivity index (χ1) is 14.0. The number of aliphatic carboxylic acids is 1. The van der Waals surface area contributed by atoms with Crippen molar-refractivity contribution in [1.82, 2.24) is 14.8 Å². The molecule has 0 unspecified atom stereocenters. The fourth-order valence-corrected chi connectivity index (χ4v) is 3.39. The number of hydrogen-bond acceptors (Lipinski definition) is 4. The average molecular weight is 431 g/mol. The lowest BCUT2D eigenvalue weighted by atomic mass is 10.0. The van der Waals surface area contributed by atoms with Crippen molar-refractivity contribution in [3.05, 3.63) is 33.7 Å². The smallest absolute Gasteiger partial charge is 0.416 e. The molecule has 10 heteroatoms. The molecule has 1 aromatic rings. The van der Waals surface area contributed by atoms with Crippen molar-refractivity contribution >= 4 is 11.9 Å². The Labute approximate surface area is 172 Å². The van der Waals surface area contributed by atoms with Crippen LogP contribution in [0.25, 0.3) is 0 Å². The molecule has 0 spiro atoms. The summed E-state index contributed by atoms with van der Waals surface area (Å²) in [6.07, 6.45) is -2.45. The summed E-state index contributed by atoms with van der Waals surface area (Å²) >= 11 is 0. The number of aromatic nitrogens is 1. The summed E-state index contributed by atoms with van der Waals surface area (Å²) in [6.45, 7) is 5.65. The number of carboxylic acid groups (broad SMARTS) is 1. The van der Waals surface area contributed by atoms with E-state index in [9.17, 15) is 27.6 Å². The lowest BCUT2D eigenvalue weighted by Crippen LogP contribution is -2.40. The maximum Gasteiger partial charge on any atom is 0.416 e. The Bertz CT molecular complexity index is 816. The van der Waals surface area contributed by atoms with E-state index < -0.39 is 35.2 Å². The minimum atomic E-state index is -4.67.